The lowest BCUT2D eigenvalue weighted by Gasteiger charge is -1.97. The van der Waals surface area contributed by atoms with Crippen LogP contribution in [0.5, 0.6) is 0 Å². The topological polar surface area (TPSA) is 76.5 Å². The fourth-order valence-electron chi connectivity index (χ4n) is 2.50. The average molecular weight is 321 g/mol. The van der Waals surface area contributed by atoms with Crippen molar-refractivity contribution in [3.05, 3.63) is 66.7 Å². The molecule has 2 aromatic heterocycles. The molecule has 0 amide bonds. The molecule has 122 valence electrons. The minimum Gasteiger partial charge on any atom is -0.292 e. The molecule has 0 unspecified atom stereocenters. The molecule has 0 aliphatic carbocycles. The fraction of sp³-hybridized carbons (Fsp3) is 0.222. The van der Waals surface area contributed by atoms with Gasteiger partial charge in [0.2, 0.25) is 0 Å². The zero-order valence-corrected chi connectivity index (χ0v) is 13.4. The lowest BCUT2D eigenvalue weighted by molar-refractivity contribution is 0.0979. The van der Waals surface area contributed by atoms with E-state index in [-0.39, 0.29) is 5.78 Å². The minimum atomic E-state index is 0.0101. The molecule has 0 atom stereocenters. The number of ketones is 1. The smallest absolute Gasteiger partial charge is 0.184 e. The van der Waals surface area contributed by atoms with Crippen molar-refractivity contribution in [3.63, 3.8) is 0 Å². The van der Waals surface area contributed by atoms with E-state index in [9.17, 15) is 4.79 Å². The molecule has 2 heterocycles. The molecular weight excluding hydrogens is 302 g/mol. The monoisotopic (exact) mass is 321 g/mol. The largest absolute Gasteiger partial charge is 0.292 e. The second-order valence-corrected chi connectivity index (χ2v) is 5.47. The lowest BCUT2D eigenvalue weighted by Crippen LogP contribution is -2.02. The molecule has 3 aromatic rings. The Hall–Kier alpha value is -3.02. The van der Waals surface area contributed by atoms with Crippen molar-refractivity contribution >= 4 is 16.7 Å². The first-order valence-electron chi connectivity index (χ1n) is 7.91. The van der Waals surface area contributed by atoms with Crippen LogP contribution in [0.15, 0.2) is 55.3 Å². The Morgan fingerprint density at radius 3 is 3.08 bits per heavy atom. The Morgan fingerprint density at radius 2 is 2.21 bits per heavy atom. The molecule has 1 aromatic carbocycles. The van der Waals surface area contributed by atoms with Crippen LogP contribution in [0.3, 0.4) is 0 Å². The van der Waals surface area contributed by atoms with Gasteiger partial charge in [0, 0.05) is 31.0 Å². The van der Waals surface area contributed by atoms with E-state index in [1.807, 2.05) is 42.6 Å². The van der Waals surface area contributed by atoms with Gasteiger partial charge in [-0.15, -0.1) is 5.10 Å². The van der Waals surface area contributed by atoms with Crippen LogP contribution >= 0.6 is 0 Å². The number of aryl methyl sites for hydroxylation is 2. The predicted octanol–water partition coefficient (Wildman–Crippen LogP) is 3.10. The molecule has 0 bridgehead atoms. The molecule has 24 heavy (non-hydrogen) atoms. The second-order valence-electron chi connectivity index (χ2n) is 5.47. The number of allylic oxidation sites excluding steroid dienone is 3. The summed E-state index contributed by atoms with van der Waals surface area (Å²) in [6.45, 7) is 4.39. The number of H-pyrrole nitrogens is 1. The highest BCUT2D eigenvalue weighted by molar-refractivity contribution is 6.05. The Bertz CT molecular complexity index is 874. The van der Waals surface area contributed by atoms with Crippen LogP contribution in [-0.2, 0) is 13.0 Å². The number of carbonyl (C=O) groups excluding carboxylic acids is 1. The van der Waals surface area contributed by atoms with Crippen molar-refractivity contribution in [1.82, 2.24) is 25.2 Å². The van der Waals surface area contributed by atoms with E-state index in [2.05, 4.69) is 27.1 Å². The maximum absolute atomic E-state index is 12.4. The van der Waals surface area contributed by atoms with Gasteiger partial charge in [-0.25, -0.2) is 0 Å². The molecule has 3 rings (SSSR count). The van der Waals surface area contributed by atoms with Crippen LogP contribution < -0.4 is 0 Å². The number of nitrogens with one attached hydrogen (secondary N) is 1. The van der Waals surface area contributed by atoms with Gasteiger partial charge in [0.1, 0.15) is 5.69 Å². The van der Waals surface area contributed by atoms with Crippen molar-refractivity contribution in [2.75, 3.05) is 0 Å². The third-order valence-corrected chi connectivity index (χ3v) is 3.73. The molecule has 6 nitrogen and oxygen atoms in total. The normalized spacial score (nSPS) is 11.3. The highest BCUT2D eigenvalue weighted by atomic mass is 16.1. The number of hydrogen-bond donors (Lipinski definition) is 1. The number of rotatable bonds is 8. The van der Waals surface area contributed by atoms with Gasteiger partial charge in [0.25, 0.3) is 0 Å². The molecule has 0 spiro atoms. The number of fused-ring (bicyclic) bond motifs is 1. The van der Waals surface area contributed by atoms with E-state index in [0.29, 0.717) is 18.5 Å². The van der Waals surface area contributed by atoms with Crippen LogP contribution in [0, 0.1) is 0 Å². The van der Waals surface area contributed by atoms with Crippen LogP contribution in [0.2, 0.25) is 0 Å². The Balaban J connectivity index is 1.57. The fourth-order valence-corrected chi connectivity index (χ4v) is 2.50. The lowest BCUT2D eigenvalue weighted by atomic mass is 10.1. The summed E-state index contributed by atoms with van der Waals surface area (Å²) < 4.78 is 1.79. The summed E-state index contributed by atoms with van der Waals surface area (Å²) in [7, 11) is 0. The van der Waals surface area contributed by atoms with Crippen molar-refractivity contribution in [2.24, 2.45) is 0 Å². The van der Waals surface area contributed by atoms with Gasteiger partial charge in [-0.1, -0.05) is 48.2 Å². The number of aromatic amines is 1. The summed E-state index contributed by atoms with van der Waals surface area (Å²) in [5, 5.41) is 16.1. The summed E-state index contributed by atoms with van der Waals surface area (Å²) in [4.78, 5) is 12.4. The number of aromatic nitrogens is 5. The number of benzene rings is 1. The van der Waals surface area contributed by atoms with E-state index in [1.54, 1.807) is 10.8 Å². The maximum Gasteiger partial charge on any atom is 0.184 e. The number of nitrogens with zero attached hydrogens (tertiary/aromatic N) is 4. The van der Waals surface area contributed by atoms with Crippen molar-refractivity contribution in [2.45, 2.75) is 25.8 Å². The zero-order chi connectivity index (χ0) is 16.8. The van der Waals surface area contributed by atoms with Gasteiger partial charge in [0.15, 0.2) is 5.78 Å². The maximum atomic E-state index is 12.4. The standard InChI is InChI=1S/C18H19N5O/c1-2-3-4-7-12-23-13-14(19-22-23)10-11-17(24)18-15-8-5-6-9-16(15)20-21-18/h2-6,8-9,13H,1,7,10-12H2,(H,20,21)/b4-3+. The van der Waals surface area contributed by atoms with E-state index < -0.39 is 0 Å². The van der Waals surface area contributed by atoms with Gasteiger partial charge in [0.05, 0.1) is 11.2 Å². The van der Waals surface area contributed by atoms with Crippen LogP contribution in [-0.4, -0.2) is 31.0 Å². The molecule has 0 fully saturated rings. The highest BCUT2D eigenvalue weighted by Gasteiger charge is 2.14. The van der Waals surface area contributed by atoms with Crippen LogP contribution in [0.25, 0.3) is 10.9 Å². The minimum absolute atomic E-state index is 0.0101. The van der Waals surface area contributed by atoms with Crippen molar-refractivity contribution in [1.29, 1.82) is 0 Å². The van der Waals surface area contributed by atoms with Crippen molar-refractivity contribution < 1.29 is 4.79 Å². The Morgan fingerprint density at radius 1 is 1.33 bits per heavy atom. The number of para-hydroxylation sites is 1. The molecule has 0 saturated carbocycles. The number of carbonyl (C=O) groups is 1. The first kappa shape index (κ1) is 15.9. The molecule has 0 saturated heterocycles. The van der Waals surface area contributed by atoms with E-state index in [4.69, 9.17) is 0 Å². The summed E-state index contributed by atoms with van der Waals surface area (Å²) in [6, 6.07) is 7.63. The molecular formula is C18H19N5O. The van der Waals surface area contributed by atoms with E-state index in [1.165, 1.54) is 0 Å². The number of hydrogen-bond acceptors (Lipinski definition) is 4. The van der Waals surface area contributed by atoms with Gasteiger partial charge in [-0.05, 0) is 12.5 Å². The van der Waals surface area contributed by atoms with Crippen molar-refractivity contribution in [3.8, 4) is 0 Å². The van der Waals surface area contributed by atoms with E-state index >= 15 is 0 Å². The highest BCUT2D eigenvalue weighted by Crippen LogP contribution is 2.17. The van der Waals surface area contributed by atoms with Gasteiger partial charge in [-0.3, -0.25) is 14.6 Å². The number of Topliss-reactive ketones (excluding diaryl/α,β-unsaturated/α-hetero) is 1. The first-order chi connectivity index (χ1) is 11.8. The van der Waals surface area contributed by atoms with Crippen LogP contribution in [0.4, 0.5) is 0 Å². The SMILES string of the molecule is C=C/C=C/CCn1cc(CCC(=O)c2n[nH]c3ccccc23)nn1. The summed E-state index contributed by atoms with van der Waals surface area (Å²) in [5.74, 6) is 0.0101. The Kier molecular flexibility index (Phi) is 4.96. The first-order valence-corrected chi connectivity index (χ1v) is 7.91. The quantitative estimate of drug-likeness (QED) is 0.511. The van der Waals surface area contributed by atoms with Crippen LogP contribution in [0.1, 0.15) is 29.0 Å². The van der Waals surface area contributed by atoms with E-state index in [0.717, 1.165) is 29.6 Å². The Labute approximate surface area is 139 Å². The second kappa shape index (κ2) is 7.50. The third kappa shape index (κ3) is 3.65. The predicted molar refractivity (Wildman–Crippen MR) is 92.7 cm³/mol. The summed E-state index contributed by atoms with van der Waals surface area (Å²) in [6.07, 6.45) is 9.36. The molecule has 6 heteroatoms. The molecule has 0 aliphatic heterocycles. The third-order valence-electron chi connectivity index (χ3n) is 3.73. The molecule has 0 aliphatic rings. The zero-order valence-electron chi connectivity index (χ0n) is 13.4. The molecule has 0 radical (unpaired) electrons. The molecule has 1 N–H and O–H groups in total. The average Bonchev–Trinajstić information content (AvgIpc) is 3.23. The summed E-state index contributed by atoms with van der Waals surface area (Å²) >= 11 is 0. The van der Waals surface area contributed by atoms with Gasteiger partial charge in [-0.2, -0.15) is 5.10 Å². The van der Waals surface area contributed by atoms with Gasteiger partial charge >= 0.3 is 0 Å². The summed E-state index contributed by atoms with van der Waals surface area (Å²) in [5.41, 5.74) is 2.18. The van der Waals surface area contributed by atoms with Gasteiger partial charge < -0.3 is 0 Å².